The quantitative estimate of drug-likeness (QED) is 0.890. The number of benzene rings is 2. The molecule has 0 aliphatic rings. The third-order valence-corrected chi connectivity index (χ3v) is 4.35. The van der Waals surface area contributed by atoms with E-state index in [-0.39, 0.29) is 5.02 Å². The van der Waals surface area contributed by atoms with Gasteiger partial charge in [-0.15, -0.1) is 0 Å². The highest BCUT2D eigenvalue weighted by atomic mass is 35.5. The van der Waals surface area contributed by atoms with E-state index >= 15 is 0 Å². The van der Waals surface area contributed by atoms with Gasteiger partial charge in [0.25, 0.3) is 10.0 Å². The van der Waals surface area contributed by atoms with E-state index in [9.17, 15) is 22.0 Å². The minimum atomic E-state index is -4.26. The van der Waals surface area contributed by atoms with Crippen molar-refractivity contribution in [3.63, 3.8) is 0 Å². The summed E-state index contributed by atoms with van der Waals surface area (Å²) in [5, 5.41) is 8.78. The lowest BCUT2D eigenvalue weighted by Crippen LogP contribution is -2.15. The van der Waals surface area contributed by atoms with Gasteiger partial charge in [0, 0.05) is 6.07 Å². The van der Waals surface area contributed by atoms with Gasteiger partial charge in [-0.1, -0.05) is 11.6 Å². The second-order valence-electron chi connectivity index (χ2n) is 4.18. The molecule has 0 atom stereocenters. The van der Waals surface area contributed by atoms with Crippen LogP contribution in [0.25, 0.3) is 0 Å². The number of carboxylic acids is 1. The molecule has 0 saturated carbocycles. The van der Waals surface area contributed by atoms with Crippen LogP contribution in [0.5, 0.6) is 0 Å². The highest BCUT2D eigenvalue weighted by molar-refractivity contribution is 7.92. The van der Waals surface area contributed by atoms with Crippen molar-refractivity contribution in [1.82, 2.24) is 0 Å². The molecule has 116 valence electrons. The Hall–Kier alpha value is -2.19. The molecule has 5 nitrogen and oxygen atoms in total. The molecule has 9 heteroatoms. The Morgan fingerprint density at radius 3 is 2.41 bits per heavy atom. The summed E-state index contributed by atoms with van der Waals surface area (Å²) in [4.78, 5) is 10.5. The van der Waals surface area contributed by atoms with Gasteiger partial charge in [0.15, 0.2) is 0 Å². The Morgan fingerprint density at radius 2 is 1.82 bits per heavy atom. The summed E-state index contributed by atoms with van der Waals surface area (Å²) in [6, 6.07) is 5.32. The number of halogens is 3. The molecule has 0 spiro atoms. The van der Waals surface area contributed by atoms with Gasteiger partial charge < -0.3 is 5.11 Å². The fourth-order valence-corrected chi connectivity index (χ4v) is 2.90. The Morgan fingerprint density at radius 1 is 1.14 bits per heavy atom. The van der Waals surface area contributed by atoms with Crippen LogP contribution in [0.3, 0.4) is 0 Å². The predicted molar refractivity (Wildman–Crippen MR) is 75.6 cm³/mol. The average Bonchev–Trinajstić information content (AvgIpc) is 2.42. The molecule has 22 heavy (non-hydrogen) atoms. The normalized spacial score (nSPS) is 11.2. The van der Waals surface area contributed by atoms with Crippen molar-refractivity contribution in [2.75, 3.05) is 4.72 Å². The highest BCUT2D eigenvalue weighted by Gasteiger charge is 2.20. The maximum atomic E-state index is 13.5. The van der Waals surface area contributed by atoms with Crippen molar-refractivity contribution in [2.45, 2.75) is 4.90 Å². The molecule has 0 bridgehead atoms. The van der Waals surface area contributed by atoms with Gasteiger partial charge in [0.2, 0.25) is 0 Å². The average molecular weight is 348 g/mol. The molecular weight excluding hydrogens is 340 g/mol. The van der Waals surface area contributed by atoms with Crippen LogP contribution in [0.1, 0.15) is 10.4 Å². The predicted octanol–water partition coefficient (Wildman–Crippen LogP) is 3.12. The Labute approximate surface area is 129 Å². The number of nitrogens with one attached hydrogen (secondary N) is 1. The van der Waals surface area contributed by atoms with Gasteiger partial charge in [-0.25, -0.2) is 22.0 Å². The molecule has 2 aromatic carbocycles. The lowest BCUT2D eigenvalue weighted by molar-refractivity contribution is 0.0697. The zero-order valence-corrected chi connectivity index (χ0v) is 12.3. The number of hydrogen-bond acceptors (Lipinski definition) is 3. The van der Waals surface area contributed by atoms with Crippen LogP contribution in [-0.2, 0) is 10.0 Å². The zero-order valence-electron chi connectivity index (χ0n) is 10.7. The van der Waals surface area contributed by atoms with Crippen LogP contribution in [0.4, 0.5) is 14.5 Å². The number of rotatable bonds is 4. The summed E-state index contributed by atoms with van der Waals surface area (Å²) < 4.78 is 52.4. The smallest absolute Gasteiger partial charge is 0.337 e. The number of sulfonamides is 1. The van der Waals surface area contributed by atoms with E-state index in [1.165, 1.54) is 0 Å². The van der Waals surface area contributed by atoms with E-state index in [0.717, 1.165) is 30.3 Å². The van der Waals surface area contributed by atoms with Crippen LogP contribution in [-0.4, -0.2) is 19.5 Å². The summed E-state index contributed by atoms with van der Waals surface area (Å²) >= 11 is 5.65. The van der Waals surface area contributed by atoms with Gasteiger partial charge in [-0.05, 0) is 30.3 Å². The summed E-state index contributed by atoms with van der Waals surface area (Å²) in [5.74, 6) is -3.37. The molecule has 2 N–H and O–H groups in total. The molecule has 0 unspecified atom stereocenters. The van der Waals surface area contributed by atoms with Crippen molar-refractivity contribution < 1.29 is 27.1 Å². The lowest BCUT2D eigenvalue weighted by Gasteiger charge is -2.10. The fraction of sp³-hybridized carbons (Fsp3) is 0. The van der Waals surface area contributed by atoms with E-state index in [0.29, 0.717) is 6.07 Å². The Bertz CT molecular complexity index is 855. The second kappa shape index (κ2) is 5.90. The first-order valence-corrected chi connectivity index (χ1v) is 7.57. The minimum Gasteiger partial charge on any atom is -0.478 e. The molecule has 0 aliphatic carbocycles. The molecule has 0 heterocycles. The van der Waals surface area contributed by atoms with Gasteiger partial charge in [-0.2, -0.15) is 0 Å². The van der Waals surface area contributed by atoms with Gasteiger partial charge >= 0.3 is 5.97 Å². The summed E-state index contributed by atoms with van der Waals surface area (Å²) in [6.07, 6.45) is 0. The Balaban J connectivity index is 2.42. The fourth-order valence-electron chi connectivity index (χ4n) is 1.61. The van der Waals surface area contributed by atoms with Crippen LogP contribution in [0, 0.1) is 11.6 Å². The molecule has 2 aromatic rings. The first-order chi connectivity index (χ1) is 10.2. The minimum absolute atomic E-state index is 0.139. The highest BCUT2D eigenvalue weighted by Crippen LogP contribution is 2.24. The second-order valence-corrected chi connectivity index (χ2v) is 6.27. The lowest BCUT2D eigenvalue weighted by atomic mass is 10.2. The molecular formula is C13H8ClF2NO4S. The van der Waals surface area contributed by atoms with E-state index in [4.69, 9.17) is 16.7 Å². The van der Waals surface area contributed by atoms with E-state index in [2.05, 4.69) is 0 Å². The SMILES string of the molecule is O=C(O)c1cc(S(=O)(=O)Nc2ccc(F)cc2F)ccc1Cl. The van der Waals surface area contributed by atoms with Crippen molar-refractivity contribution in [3.05, 3.63) is 58.6 Å². The maximum Gasteiger partial charge on any atom is 0.337 e. The largest absolute Gasteiger partial charge is 0.478 e. The van der Waals surface area contributed by atoms with E-state index in [1.807, 2.05) is 4.72 Å². The summed E-state index contributed by atoms with van der Waals surface area (Å²) in [6.45, 7) is 0. The number of carbonyl (C=O) groups is 1. The Kier molecular flexibility index (Phi) is 4.34. The third-order valence-electron chi connectivity index (χ3n) is 2.65. The monoisotopic (exact) mass is 347 g/mol. The molecule has 0 fully saturated rings. The number of carboxylic acid groups (broad SMARTS) is 1. The van der Waals surface area contributed by atoms with Gasteiger partial charge in [-0.3, -0.25) is 4.72 Å². The van der Waals surface area contributed by atoms with Crippen molar-refractivity contribution >= 4 is 33.3 Å². The molecule has 0 saturated heterocycles. The van der Waals surface area contributed by atoms with Crippen LogP contribution in [0.2, 0.25) is 5.02 Å². The van der Waals surface area contributed by atoms with E-state index in [1.54, 1.807) is 0 Å². The third kappa shape index (κ3) is 3.34. The molecule has 2 rings (SSSR count). The number of aromatic carboxylic acids is 1. The van der Waals surface area contributed by atoms with Crippen molar-refractivity contribution in [3.8, 4) is 0 Å². The van der Waals surface area contributed by atoms with Crippen LogP contribution >= 0.6 is 11.6 Å². The first kappa shape index (κ1) is 16.2. The van der Waals surface area contributed by atoms with Gasteiger partial charge in [0.05, 0.1) is 21.2 Å². The molecule has 0 amide bonds. The number of anilines is 1. The molecule has 0 radical (unpaired) electrons. The molecule has 0 aliphatic heterocycles. The van der Waals surface area contributed by atoms with Crippen LogP contribution < -0.4 is 4.72 Å². The van der Waals surface area contributed by atoms with Crippen molar-refractivity contribution in [1.29, 1.82) is 0 Å². The summed E-state index contributed by atoms with van der Waals surface area (Å²) in [5.41, 5.74) is -0.877. The first-order valence-electron chi connectivity index (χ1n) is 5.71. The zero-order chi connectivity index (χ0) is 16.5. The molecule has 0 aromatic heterocycles. The topological polar surface area (TPSA) is 83.5 Å². The maximum absolute atomic E-state index is 13.5. The summed E-state index contributed by atoms with van der Waals surface area (Å²) in [7, 11) is -4.26. The van der Waals surface area contributed by atoms with Crippen molar-refractivity contribution in [2.24, 2.45) is 0 Å². The van der Waals surface area contributed by atoms with Crippen LogP contribution in [0.15, 0.2) is 41.3 Å². The van der Waals surface area contributed by atoms with E-state index < -0.39 is 43.8 Å². The van der Waals surface area contributed by atoms with Gasteiger partial charge in [0.1, 0.15) is 11.6 Å². The standard InChI is InChI=1S/C13H8ClF2NO4S/c14-10-3-2-8(6-9(10)13(18)19)22(20,21)17-12-4-1-7(15)5-11(12)16/h1-6,17H,(H,18,19). The number of hydrogen-bond donors (Lipinski definition) is 2.